The van der Waals surface area contributed by atoms with E-state index in [1.54, 1.807) is 6.92 Å². The van der Waals surface area contributed by atoms with Crippen LogP contribution in [0.4, 0.5) is 0 Å². The van der Waals surface area contributed by atoms with E-state index in [0.29, 0.717) is 6.54 Å². The smallest absolute Gasteiger partial charge is 0.234 e. The zero-order valence-corrected chi connectivity index (χ0v) is 9.73. The molecule has 0 aliphatic heterocycles. The van der Waals surface area contributed by atoms with Gasteiger partial charge in [0.1, 0.15) is 0 Å². The highest BCUT2D eigenvalue weighted by Crippen LogP contribution is 2.22. The van der Waals surface area contributed by atoms with Gasteiger partial charge in [0.2, 0.25) is 5.91 Å². The predicted octanol–water partition coefficient (Wildman–Crippen LogP) is 1.71. The summed E-state index contributed by atoms with van der Waals surface area (Å²) in [6, 6.07) is 3.55. The highest BCUT2D eigenvalue weighted by atomic mass is 35.5. The van der Waals surface area contributed by atoms with Crippen molar-refractivity contribution in [1.82, 2.24) is 4.90 Å². The first-order valence-electron chi connectivity index (χ1n) is 4.24. The van der Waals surface area contributed by atoms with Crippen molar-refractivity contribution in [2.24, 2.45) is 5.73 Å². The van der Waals surface area contributed by atoms with Crippen molar-refractivity contribution in [3.8, 4) is 0 Å². The second kappa shape index (κ2) is 4.77. The molecule has 1 rings (SSSR count). The van der Waals surface area contributed by atoms with Crippen LogP contribution in [0, 0.1) is 0 Å². The maximum Gasteiger partial charge on any atom is 0.234 e. The van der Waals surface area contributed by atoms with E-state index in [1.807, 2.05) is 24.1 Å². The molecule has 1 atom stereocenters. The lowest BCUT2D eigenvalue weighted by atomic mass is 10.3. The molecule has 0 aliphatic carbocycles. The number of thiophene rings is 1. The number of hydrogen-bond donors (Lipinski definition) is 1. The van der Waals surface area contributed by atoms with Crippen LogP contribution in [0.1, 0.15) is 11.8 Å². The van der Waals surface area contributed by atoms with Gasteiger partial charge in [0.25, 0.3) is 0 Å². The second-order valence-corrected chi connectivity index (χ2v) is 5.00. The Hall–Kier alpha value is -0.580. The van der Waals surface area contributed by atoms with Gasteiger partial charge in [-0.15, -0.1) is 11.3 Å². The molecule has 0 radical (unpaired) electrons. The summed E-state index contributed by atoms with van der Waals surface area (Å²) in [5, 5.41) is 0. The summed E-state index contributed by atoms with van der Waals surface area (Å²) in [4.78, 5) is 13.9. The first-order valence-corrected chi connectivity index (χ1v) is 5.44. The quantitative estimate of drug-likeness (QED) is 0.859. The molecule has 78 valence electrons. The average Bonchev–Trinajstić information content (AvgIpc) is 2.49. The van der Waals surface area contributed by atoms with Crippen molar-refractivity contribution in [3.63, 3.8) is 0 Å². The van der Waals surface area contributed by atoms with Crippen molar-refractivity contribution < 1.29 is 4.79 Å². The Morgan fingerprint density at radius 1 is 1.71 bits per heavy atom. The third kappa shape index (κ3) is 2.97. The Morgan fingerprint density at radius 2 is 2.36 bits per heavy atom. The predicted molar refractivity (Wildman–Crippen MR) is 59.5 cm³/mol. The summed E-state index contributed by atoms with van der Waals surface area (Å²) >= 11 is 7.31. The number of primary amides is 1. The van der Waals surface area contributed by atoms with Crippen molar-refractivity contribution in [1.29, 1.82) is 0 Å². The molecule has 0 spiro atoms. The SMILES string of the molecule is CC(C(N)=O)N(C)Cc1ccc(Cl)s1. The summed E-state index contributed by atoms with van der Waals surface area (Å²) in [6.07, 6.45) is 0. The van der Waals surface area contributed by atoms with E-state index in [-0.39, 0.29) is 11.9 Å². The van der Waals surface area contributed by atoms with Gasteiger partial charge in [0.15, 0.2) is 0 Å². The standard InChI is InChI=1S/C9H13ClN2OS/c1-6(9(11)13)12(2)5-7-3-4-8(10)14-7/h3-4,6H,5H2,1-2H3,(H2,11,13). The van der Waals surface area contributed by atoms with E-state index in [0.717, 1.165) is 9.21 Å². The molecule has 1 unspecified atom stereocenters. The summed E-state index contributed by atoms with van der Waals surface area (Å²) in [7, 11) is 1.86. The van der Waals surface area contributed by atoms with Crippen LogP contribution in [-0.2, 0) is 11.3 Å². The van der Waals surface area contributed by atoms with Gasteiger partial charge >= 0.3 is 0 Å². The van der Waals surface area contributed by atoms with Gasteiger partial charge in [-0.2, -0.15) is 0 Å². The molecule has 0 aliphatic rings. The molecule has 1 amide bonds. The number of amides is 1. The molecule has 0 aromatic carbocycles. The van der Waals surface area contributed by atoms with E-state index < -0.39 is 0 Å². The largest absolute Gasteiger partial charge is 0.368 e. The highest BCUT2D eigenvalue weighted by molar-refractivity contribution is 7.16. The number of rotatable bonds is 4. The van der Waals surface area contributed by atoms with Crippen molar-refractivity contribution >= 4 is 28.8 Å². The fourth-order valence-electron chi connectivity index (χ4n) is 1.04. The number of carbonyl (C=O) groups is 1. The molecule has 3 nitrogen and oxygen atoms in total. The molecule has 5 heteroatoms. The van der Waals surface area contributed by atoms with Gasteiger partial charge < -0.3 is 5.73 Å². The number of carbonyl (C=O) groups excluding carboxylic acids is 1. The highest BCUT2D eigenvalue weighted by Gasteiger charge is 2.15. The molecular weight excluding hydrogens is 220 g/mol. The summed E-state index contributed by atoms with van der Waals surface area (Å²) in [5.74, 6) is -0.310. The van der Waals surface area contributed by atoms with Crippen LogP contribution in [-0.4, -0.2) is 23.9 Å². The number of nitrogens with zero attached hydrogens (tertiary/aromatic N) is 1. The van der Waals surface area contributed by atoms with Gasteiger partial charge in [-0.25, -0.2) is 0 Å². The second-order valence-electron chi connectivity index (χ2n) is 3.20. The summed E-state index contributed by atoms with van der Waals surface area (Å²) in [5.41, 5.74) is 5.19. The molecule has 14 heavy (non-hydrogen) atoms. The van der Waals surface area contributed by atoms with Crippen LogP contribution in [0.3, 0.4) is 0 Å². The molecule has 0 saturated heterocycles. The Balaban J connectivity index is 2.56. The van der Waals surface area contributed by atoms with E-state index in [4.69, 9.17) is 17.3 Å². The van der Waals surface area contributed by atoms with Gasteiger partial charge in [-0.1, -0.05) is 11.6 Å². The van der Waals surface area contributed by atoms with Crippen LogP contribution < -0.4 is 5.73 Å². The lowest BCUT2D eigenvalue weighted by Crippen LogP contribution is -2.39. The molecule has 2 N–H and O–H groups in total. The Bertz CT molecular complexity index is 326. The van der Waals surface area contributed by atoms with Crippen LogP contribution in [0.25, 0.3) is 0 Å². The molecule has 1 heterocycles. The number of likely N-dealkylation sites (N-methyl/N-ethyl adjacent to an activating group) is 1. The molecule has 0 fully saturated rings. The van der Waals surface area contributed by atoms with Gasteiger partial charge in [0.05, 0.1) is 10.4 Å². The third-order valence-electron chi connectivity index (χ3n) is 2.11. The first-order chi connectivity index (χ1) is 6.50. The maximum atomic E-state index is 10.9. The van der Waals surface area contributed by atoms with Crippen LogP contribution in [0.2, 0.25) is 4.34 Å². The van der Waals surface area contributed by atoms with Crippen molar-refractivity contribution in [2.75, 3.05) is 7.05 Å². The van der Waals surface area contributed by atoms with Crippen LogP contribution in [0.15, 0.2) is 12.1 Å². The molecular formula is C9H13ClN2OS. The van der Waals surface area contributed by atoms with E-state index >= 15 is 0 Å². The molecule has 1 aromatic rings. The number of nitrogens with two attached hydrogens (primary N) is 1. The van der Waals surface area contributed by atoms with Crippen molar-refractivity contribution in [2.45, 2.75) is 19.5 Å². The monoisotopic (exact) mass is 232 g/mol. The minimum absolute atomic E-state index is 0.254. The summed E-state index contributed by atoms with van der Waals surface area (Å²) < 4.78 is 0.764. The normalized spacial score (nSPS) is 13.1. The topological polar surface area (TPSA) is 46.3 Å². The third-order valence-corrected chi connectivity index (χ3v) is 3.32. The Morgan fingerprint density at radius 3 is 2.79 bits per heavy atom. The average molecular weight is 233 g/mol. The zero-order chi connectivity index (χ0) is 10.7. The number of hydrogen-bond acceptors (Lipinski definition) is 3. The minimum Gasteiger partial charge on any atom is -0.368 e. The fraction of sp³-hybridized carbons (Fsp3) is 0.444. The minimum atomic E-state index is -0.310. The van der Waals surface area contributed by atoms with Gasteiger partial charge in [-0.3, -0.25) is 9.69 Å². The molecule has 0 saturated carbocycles. The van der Waals surface area contributed by atoms with E-state index in [2.05, 4.69) is 0 Å². The van der Waals surface area contributed by atoms with Gasteiger partial charge in [-0.05, 0) is 26.1 Å². The lowest BCUT2D eigenvalue weighted by Gasteiger charge is -2.20. The van der Waals surface area contributed by atoms with E-state index in [9.17, 15) is 4.79 Å². The number of halogens is 1. The van der Waals surface area contributed by atoms with Gasteiger partial charge in [0, 0.05) is 11.4 Å². The van der Waals surface area contributed by atoms with Crippen LogP contribution in [0.5, 0.6) is 0 Å². The molecule has 1 aromatic heterocycles. The Labute approximate surface area is 92.5 Å². The fourth-order valence-corrected chi connectivity index (χ4v) is 2.19. The first kappa shape index (κ1) is 11.5. The van der Waals surface area contributed by atoms with Crippen molar-refractivity contribution in [3.05, 3.63) is 21.3 Å². The molecule has 0 bridgehead atoms. The summed E-state index contributed by atoms with van der Waals surface area (Å²) in [6.45, 7) is 2.49. The van der Waals surface area contributed by atoms with E-state index in [1.165, 1.54) is 11.3 Å². The maximum absolute atomic E-state index is 10.9. The Kier molecular flexibility index (Phi) is 3.92. The van der Waals surface area contributed by atoms with Crippen LogP contribution >= 0.6 is 22.9 Å². The lowest BCUT2D eigenvalue weighted by molar-refractivity contribution is -0.122. The zero-order valence-electron chi connectivity index (χ0n) is 8.16.